The van der Waals surface area contributed by atoms with E-state index in [4.69, 9.17) is 29.9 Å². The molecule has 0 aliphatic heterocycles. The average Bonchev–Trinajstić information content (AvgIpc) is 3.23. The number of nitrogens with zero attached hydrogens (tertiary/aromatic N) is 6. The van der Waals surface area contributed by atoms with Crippen LogP contribution in [0.4, 0.5) is 0 Å². The van der Waals surface area contributed by atoms with Crippen LogP contribution >= 0.6 is 0 Å². The number of benzene rings is 6. The van der Waals surface area contributed by atoms with Crippen LogP contribution in [0, 0.1) is 0 Å². The summed E-state index contributed by atoms with van der Waals surface area (Å²) < 4.78 is 0. The lowest BCUT2D eigenvalue weighted by molar-refractivity contribution is 1.07. The number of hydrogen-bond acceptors (Lipinski definition) is 6. The Kier molecular flexibility index (Phi) is 7.03. The first-order chi connectivity index (χ1) is 25.7. The SMILES string of the molecule is c1ccc(-c2ccc3ccc4cc5c(-c6ccccc6)nc6cc(-c7nc(-c8ccccc8)nc(-c8ccccc8)n7)ccc6c5nc4c3n2)cc1. The summed E-state index contributed by atoms with van der Waals surface area (Å²) in [6.45, 7) is 0. The Morgan fingerprint density at radius 2 is 0.808 bits per heavy atom. The van der Waals surface area contributed by atoms with Crippen molar-refractivity contribution in [1.29, 1.82) is 0 Å². The topological polar surface area (TPSA) is 77.3 Å². The van der Waals surface area contributed by atoms with Gasteiger partial charge in [-0.15, -0.1) is 0 Å². The molecule has 242 valence electrons. The highest BCUT2D eigenvalue weighted by Gasteiger charge is 2.18. The summed E-state index contributed by atoms with van der Waals surface area (Å²) in [4.78, 5) is 30.7. The van der Waals surface area contributed by atoms with Crippen LogP contribution in [0.2, 0.25) is 0 Å². The predicted molar refractivity (Wildman–Crippen MR) is 210 cm³/mol. The van der Waals surface area contributed by atoms with Crippen molar-refractivity contribution >= 4 is 43.6 Å². The summed E-state index contributed by atoms with van der Waals surface area (Å²) in [5.74, 6) is 1.81. The third-order valence-electron chi connectivity index (χ3n) is 9.46. The molecule has 6 aromatic carbocycles. The molecule has 0 radical (unpaired) electrons. The minimum Gasteiger partial charge on any atom is -0.247 e. The van der Waals surface area contributed by atoms with Gasteiger partial charge < -0.3 is 0 Å². The number of fused-ring (bicyclic) bond motifs is 6. The monoisotopic (exact) mass is 664 g/mol. The Labute approximate surface area is 299 Å². The molecule has 0 aliphatic rings. The number of hydrogen-bond donors (Lipinski definition) is 0. The molecule has 4 aromatic heterocycles. The third kappa shape index (κ3) is 5.22. The highest BCUT2D eigenvalue weighted by molar-refractivity contribution is 6.15. The van der Waals surface area contributed by atoms with Crippen molar-refractivity contribution in [2.75, 3.05) is 0 Å². The summed E-state index contributed by atoms with van der Waals surface area (Å²) >= 11 is 0. The van der Waals surface area contributed by atoms with E-state index in [1.807, 2.05) is 97.1 Å². The van der Waals surface area contributed by atoms with Crippen molar-refractivity contribution in [2.24, 2.45) is 0 Å². The molecule has 10 aromatic rings. The number of pyridine rings is 3. The van der Waals surface area contributed by atoms with Gasteiger partial charge in [0, 0.05) is 49.4 Å². The fraction of sp³-hybridized carbons (Fsp3) is 0. The van der Waals surface area contributed by atoms with Gasteiger partial charge in [0.15, 0.2) is 17.5 Å². The second-order valence-corrected chi connectivity index (χ2v) is 12.8. The summed E-state index contributed by atoms with van der Waals surface area (Å²) in [6, 6.07) is 57.5. The zero-order valence-electron chi connectivity index (χ0n) is 27.8. The molecule has 0 unspecified atom stereocenters. The zero-order chi connectivity index (χ0) is 34.4. The van der Waals surface area contributed by atoms with Gasteiger partial charge in [0.05, 0.1) is 33.5 Å². The van der Waals surface area contributed by atoms with Crippen LogP contribution in [0.25, 0.3) is 100 Å². The minimum absolute atomic E-state index is 0.577. The summed E-state index contributed by atoms with van der Waals surface area (Å²) in [5.41, 5.74) is 9.96. The minimum atomic E-state index is 0.577. The van der Waals surface area contributed by atoms with E-state index in [0.29, 0.717) is 17.5 Å². The second kappa shape index (κ2) is 12.3. The molecule has 4 heterocycles. The Morgan fingerprint density at radius 3 is 1.44 bits per heavy atom. The molecule has 0 saturated heterocycles. The van der Waals surface area contributed by atoms with Gasteiger partial charge in [-0.3, -0.25) is 0 Å². The highest BCUT2D eigenvalue weighted by Crippen LogP contribution is 2.37. The van der Waals surface area contributed by atoms with Crippen LogP contribution in [-0.2, 0) is 0 Å². The molecule has 52 heavy (non-hydrogen) atoms. The Morgan fingerprint density at radius 1 is 0.288 bits per heavy atom. The lowest BCUT2D eigenvalue weighted by Gasteiger charge is -2.13. The molecule has 0 fully saturated rings. The molecule has 0 N–H and O–H groups in total. The standard InChI is InChI=1S/C46H28N6/c1-5-13-29(14-6-1)38-26-24-31-21-22-34-27-37-40(30-15-7-2-8-16-30)48-39-28-35(23-25-36(39)43(37)49-42(34)41(31)47-38)46-51-44(32-17-9-3-10-18-32)50-45(52-46)33-19-11-4-12-20-33/h1-28H. The van der Waals surface area contributed by atoms with E-state index in [2.05, 4.69) is 72.8 Å². The third-order valence-corrected chi connectivity index (χ3v) is 9.46. The van der Waals surface area contributed by atoms with Crippen molar-refractivity contribution < 1.29 is 0 Å². The van der Waals surface area contributed by atoms with Crippen molar-refractivity contribution in [3.8, 4) is 56.7 Å². The first kappa shape index (κ1) is 29.7. The summed E-state index contributed by atoms with van der Waals surface area (Å²) in [7, 11) is 0. The maximum Gasteiger partial charge on any atom is 0.164 e. The maximum atomic E-state index is 5.42. The van der Waals surface area contributed by atoms with E-state index >= 15 is 0 Å². The molecule has 10 rings (SSSR count). The average molecular weight is 665 g/mol. The van der Waals surface area contributed by atoms with E-state index < -0.39 is 0 Å². The highest BCUT2D eigenvalue weighted by atomic mass is 15.0. The van der Waals surface area contributed by atoms with E-state index in [9.17, 15) is 0 Å². The Bertz CT molecular complexity index is 2880. The number of rotatable bonds is 5. The van der Waals surface area contributed by atoms with Crippen molar-refractivity contribution in [3.63, 3.8) is 0 Å². The van der Waals surface area contributed by atoms with Crippen LogP contribution in [0.15, 0.2) is 170 Å². The zero-order valence-corrected chi connectivity index (χ0v) is 27.8. The molecule has 0 aliphatic carbocycles. The molecule has 6 nitrogen and oxygen atoms in total. The van der Waals surface area contributed by atoms with Crippen LogP contribution in [-0.4, -0.2) is 29.9 Å². The van der Waals surface area contributed by atoms with Crippen molar-refractivity contribution in [2.45, 2.75) is 0 Å². The van der Waals surface area contributed by atoms with E-state index in [0.717, 1.165) is 82.8 Å². The smallest absolute Gasteiger partial charge is 0.164 e. The fourth-order valence-electron chi connectivity index (χ4n) is 6.87. The van der Waals surface area contributed by atoms with Gasteiger partial charge in [-0.25, -0.2) is 29.9 Å². The Hall–Kier alpha value is -7.18. The Balaban J connectivity index is 1.22. The number of aromatic nitrogens is 6. The van der Waals surface area contributed by atoms with Gasteiger partial charge >= 0.3 is 0 Å². The lowest BCUT2D eigenvalue weighted by Crippen LogP contribution is -2.00. The van der Waals surface area contributed by atoms with E-state index in [1.54, 1.807) is 0 Å². The maximum absolute atomic E-state index is 5.42. The van der Waals surface area contributed by atoms with Gasteiger partial charge in [-0.05, 0) is 24.3 Å². The molecule has 0 amide bonds. The molecule has 0 spiro atoms. The quantitative estimate of drug-likeness (QED) is 0.135. The van der Waals surface area contributed by atoms with Crippen molar-refractivity contribution in [1.82, 2.24) is 29.9 Å². The van der Waals surface area contributed by atoms with Gasteiger partial charge in [0.2, 0.25) is 0 Å². The molecular formula is C46H28N6. The first-order valence-electron chi connectivity index (χ1n) is 17.2. The second-order valence-electron chi connectivity index (χ2n) is 12.8. The van der Waals surface area contributed by atoms with Crippen LogP contribution in [0.5, 0.6) is 0 Å². The van der Waals surface area contributed by atoms with Crippen LogP contribution in [0.1, 0.15) is 0 Å². The van der Waals surface area contributed by atoms with Crippen molar-refractivity contribution in [3.05, 3.63) is 170 Å². The van der Waals surface area contributed by atoms with Gasteiger partial charge in [-0.2, -0.15) is 0 Å². The fourth-order valence-corrected chi connectivity index (χ4v) is 6.87. The van der Waals surface area contributed by atoms with Crippen LogP contribution < -0.4 is 0 Å². The van der Waals surface area contributed by atoms with E-state index in [1.165, 1.54) is 0 Å². The molecule has 0 bridgehead atoms. The molecule has 0 saturated carbocycles. The van der Waals surface area contributed by atoms with Crippen LogP contribution in [0.3, 0.4) is 0 Å². The molecule has 0 atom stereocenters. The normalized spacial score (nSPS) is 11.5. The summed E-state index contributed by atoms with van der Waals surface area (Å²) in [6.07, 6.45) is 0. The molecule has 6 heteroatoms. The van der Waals surface area contributed by atoms with Gasteiger partial charge in [-0.1, -0.05) is 146 Å². The largest absolute Gasteiger partial charge is 0.247 e. The van der Waals surface area contributed by atoms with Gasteiger partial charge in [0.1, 0.15) is 0 Å². The summed E-state index contributed by atoms with van der Waals surface area (Å²) in [5, 5.41) is 3.98. The van der Waals surface area contributed by atoms with E-state index in [-0.39, 0.29) is 0 Å². The first-order valence-corrected chi connectivity index (χ1v) is 17.2. The lowest BCUT2D eigenvalue weighted by atomic mass is 9.99. The predicted octanol–water partition coefficient (Wildman–Crippen LogP) is 11.0. The molecular weight excluding hydrogens is 637 g/mol. The van der Waals surface area contributed by atoms with Gasteiger partial charge in [0.25, 0.3) is 0 Å².